The summed E-state index contributed by atoms with van der Waals surface area (Å²) in [5, 5.41) is 2.21. The average Bonchev–Trinajstić information content (AvgIpc) is 4.07. The Morgan fingerprint density at radius 2 is 0.879 bits per heavy atom. The van der Waals surface area contributed by atoms with Gasteiger partial charge in [0, 0.05) is 27.6 Å². The Bertz CT molecular complexity index is 3750. The highest BCUT2D eigenvalue weighted by molar-refractivity contribution is 6.18. The Balaban J connectivity index is 1.02. The van der Waals surface area contributed by atoms with Crippen LogP contribution < -0.4 is 4.90 Å². The number of anilines is 3. The number of furan rings is 1. The predicted octanol–water partition coefficient (Wildman–Crippen LogP) is 17.0. The molecule has 1 heterocycles. The Morgan fingerprint density at radius 1 is 0.364 bits per heavy atom. The van der Waals surface area contributed by atoms with Crippen molar-refractivity contribution in [2.75, 3.05) is 4.90 Å². The fourth-order valence-electron chi connectivity index (χ4n) is 12.3. The summed E-state index contributed by atoms with van der Waals surface area (Å²) < 4.78 is 7.18. The van der Waals surface area contributed by atoms with Crippen LogP contribution in [0.5, 0.6) is 0 Å². The van der Waals surface area contributed by atoms with E-state index in [1.807, 2.05) is 0 Å². The van der Waals surface area contributed by atoms with Crippen LogP contribution in [-0.2, 0) is 10.8 Å². The second kappa shape index (κ2) is 13.7. The Hall–Kier alpha value is -8.20. The normalized spacial score (nSPS) is 14.2. The number of fused-ring (bicyclic) bond motifs is 16. The highest BCUT2D eigenvalue weighted by Crippen LogP contribution is 2.64. The summed E-state index contributed by atoms with van der Waals surface area (Å²) in [4.78, 5) is 2.41. The molecular formula is C64H43NO. The molecule has 3 aliphatic carbocycles. The number of hydrogen-bond donors (Lipinski definition) is 0. The number of rotatable bonds is 5. The van der Waals surface area contributed by atoms with Crippen molar-refractivity contribution in [2.24, 2.45) is 0 Å². The average molecular weight is 842 g/mol. The van der Waals surface area contributed by atoms with Gasteiger partial charge < -0.3 is 9.32 Å². The molecular weight excluding hydrogens is 799 g/mol. The van der Waals surface area contributed by atoms with Crippen LogP contribution in [0.4, 0.5) is 17.1 Å². The number of hydrogen-bond acceptors (Lipinski definition) is 2. The summed E-state index contributed by atoms with van der Waals surface area (Å²) >= 11 is 0. The molecule has 2 heteroatoms. The van der Waals surface area contributed by atoms with E-state index in [1.54, 1.807) is 0 Å². The van der Waals surface area contributed by atoms with Crippen molar-refractivity contribution in [1.29, 1.82) is 0 Å². The molecule has 0 aliphatic heterocycles. The van der Waals surface area contributed by atoms with Gasteiger partial charge in [0.15, 0.2) is 5.58 Å². The minimum absolute atomic E-state index is 0.162. The first-order valence-electron chi connectivity index (χ1n) is 23.1. The van der Waals surface area contributed by atoms with Gasteiger partial charge in [-0.05, 0) is 125 Å². The topological polar surface area (TPSA) is 16.4 Å². The van der Waals surface area contributed by atoms with E-state index in [2.05, 4.69) is 243 Å². The third-order valence-electron chi connectivity index (χ3n) is 15.1. The number of nitrogens with zero attached hydrogens (tertiary/aromatic N) is 1. The van der Waals surface area contributed by atoms with Gasteiger partial charge in [0.05, 0.1) is 11.1 Å². The molecule has 310 valence electrons. The van der Waals surface area contributed by atoms with E-state index >= 15 is 0 Å². The highest BCUT2D eigenvalue weighted by Gasteiger charge is 2.52. The summed E-state index contributed by atoms with van der Waals surface area (Å²) in [5.74, 6) is 0. The lowest BCUT2D eigenvalue weighted by atomic mass is 9.70. The summed E-state index contributed by atoms with van der Waals surface area (Å²) in [7, 11) is 0. The predicted molar refractivity (Wildman–Crippen MR) is 273 cm³/mol. The molecule has 10 aromatic carbocycles. The molecule has 0 amide bonds. The molecule has 66 heavy (non-hydrogen) atoms. The van der Waals surface area contributed by atoms with Crippen LogP contribution in [-0.4, -0.2) is 0 Å². The molecule has 0 saturated carbocycles. The van der Waals surface area contributed by atoms with E-state index < -0.39 is 5.41 Å². The van der Waals surface area contributed by atoms with E-state index in [0.717, 1.165) is 44.6 Å². The first-order valence-corrected chi connectivity index (χ1v) is 23.1. The van der Waals surface area contributed by atoms with Crippen molar-refractivity contribution in [1.82, 2.24) is 0 Å². The quantitative estimate of drug-likeness (QED) is 0.172. The van der Waals surface area contributed by atoms with Gasteiger partial charge in [-0.25, -0.2) is 0 Å². The van der Waals surface area contributed by atoms with Crippen LogP contribution in [0.3, 0.4) is 0 Å². The van der Waals surface area contributed by atoms with Gasteiger partial charge in [-0.2, -0.15) is 0 Å². The highest BCUT2D eigenvalue weighted by atomic mass is 16.3. The Kier molecular flexibility index (Phi) is 7.70. The summed E-state index contributed by atoms with van der Waals surface area (Å²) in [6, 6.07) is 83.0. The zero-order chi connectivity index (χ0) is 43.7. The monoisotopic (exact) mass is 841 g/mol. The van der Waals surface area contributed by atoms with E-state index in [0.29, 0.717) is 0 Å². The maximum Gasteiger partial charge on any atom is 0.160 e. The van der Waals surface area contributed by atoms with Crippen LogP contribution in [0.15, 0.2) is 229 Å². The zero-order valence-electron chi connectivity index (χ0n) is 36.7. The van der Waals surface area contributed by atoms with Crippen LogP contribution >= 0.6 is 0 Å². The van der Waals surface area contributed by atoms with Gasteiger partial charge >= 0.3 is 0 Å². The fraction of sp³-hybridized carbons (Fsp3) is 0.0625. The third kappa shape index (κ3) is 4.91. The van der Waals surface area contributed by atoms with Crippen molar-refractivity contribution in [2.45, 2.75) is 24.7 Å². The molecule has 0 bridgehead atoms. The molecule has 1 aromatic heterocycles. The van der Waals surface area contributed by atoms with Gasteiger partial charge in [-0.3, -0.25) is 0 Å². The fourth-order valence-corrected chi connectivity index (χ4v) is 12.3. The zero-order valence-corrected chi connectivity index (χ0v) is 36.7. The molecule has 1 spiro atoms. The van der Waals surface area contributed by atoms with Crippen molar-refractivity contribution in [3.8, 4) is 55.6 Å². The molecule has 0 N–H and O–H groups in total. The van der Waals surface area contributed by atoms with Crippen molar-refractivity contribution in [3.63, 3.8) is 0 Å². The van der Waals surface area contributed by atoms with Crippen LogP contribution in [0, 0.1) is 0 Å². The summed E-state index contributed by atoms with van der Waals surface area (Å²) in [6.07, 6.45) is 0. The first kappa shape index (κ1) is 37.2. The molecule has 0 saturated heterocycles. The van der Waals surface area contributed by atoms with E-state index in [4.69, 9.17) is 4.42 Å². The summed E-state index contributed by atoms with van der Waals surface area (Å²) in [5.41, 5.74) is 24.9. The Labute approximate surface area is 384 Å². The standard InChI is InChI=1S/C64H43NO/c1-63(2)52-25-11-6-19-44(52)47-36-35-43(39-57(47)63)65(42-33-31-41(32-34-42)40-17-4-3-5-18-40)58-38-37-49(61-51-23-10-15-30-59(51)66-62(58)61)48-24-16-29-56-60(48)50-22-9-14-28-55(50)64(56)53-26-12-7-20-45(53)46-21-8-13-27-54(46)64/h3-39H,1-2H3. The van der Waals surface area contributed by atoms with Gasteiger partial charge in [0.2, 0.25) is 0 Å². The lowest BCUT2D eigenvalue weighted by molar-refractivity contribution is 0.660. The second-order valence-corrected chi connectivity index (χ2v) is 18.7. The van der Waals surface area contributed by atoms with E-state index in [-0.39, 0.29) is 5.41 Å². The van der Waals surface area contributed by atoms with E-state index in [1.165, 1.54) is 83.5 Å². The minimum Gasteiger partial charge on any atom is -0.454 e. The molecule has 11 aromatic rings. The second-order valence-electron chi connectivity index (χ2n) is 18.7. The van der Waals surface area contributed by atoms with Gasteiger partial charge in [-0.15, -0.1) is 0 Å². The van der Waals surface area contributed by atoms with Crippen molar-refractivity contribution >= 4 is 39.0 Å². The number of para-hydroxylation sites is 1. The van der Waals surface area contributed by atoms with Gasteiger partial charge in [-0.1, -0.05) is 202 Å². The minimum atomic E-state index is -0.434. The maximum absolute atomic E-state index is 7.18. The number of benzene rings is 10. The van der Waals surface area contributed by atoms with Gasteiger partial charge in [0.25, 0.3) is 0 Å². The van der Waals surface area contributed by atoms with Crippen molar-refractivity contribution in [3.05, 3.63) is 258 Å². The SMILES string of the molecule is CC1(C)c2ccccc2-c2ccc(N(c3ccc(-c4ccccc4)cc3)c3ccc(-c4cccc5c4-c4ccccc4C54c5ccccc5-c5ccccc54)c4c3oc3ccccc34)cc21. The molecule has 0 atom stereocenters. The van der Waals surface area contributed by atoms with Crippen molar-refractivity contribution < 1.29 is 4.42 Å². The van der Waals surface area contributed by atoms with Gasteiger partial charge in [0.1, 0.15) is 5.58 Å². The smallest absolute Gasteiger partial charge is 0.160 e. The first-order chi connectivity index (χ1) is 32.5. The van der Waals surface area contributed by atoms with Crippen LogP contribution in [0.2, 0.25) is 0 Å². The largest absolute Gasteiger partial charge is 0.454 e. The maximum atomic E-state index is 7.18. The van der Waals surface area contributed by atoms with Crippen LogP contribution in [0.1, 0.15) is 47.2 Å². The lowest BCUT2D eigenvalue weighted by Crippen LogP contribution is -2.25. The third-order valence-corrected chi connectivity index (χ3v) is 15.1. The molecule has 0 fully saturated rings. The molecule has 3 aliphatic rings. The molecule has 0 unspecified atom stereocenters. The summed E-state index contributed by atoms with van der Waals surface area (Å²) in [6.45, 7) is 4.71. The molecule has 14 rings (SSSR count). The molecule has 0 radical (unpaired) electrons. The lowest BCUT2D eigenvalue weighted by Gasteiger charge is -2.30. The van der Waals surface area contributed by atoms with Crippen LogP contribution in [0.25, 0.3) is 77.6 Å². The Morgan fingerprint density at radius 3 is 1.61 bits per heavy atom. The molecule has 2 nitrogen and oxygen atoms in total. The van der Waals surface area contributed by atoms with E-state index in [9.17, 15) is 0 Å².